The number of carbonyl (C=O) groups excluding carboxylic acids is 2. The second-order valence-electron chi connectivity index (χ2n) is 7.15. The molecule has 4 N–H and O–H groups in total. The van der Waals surface area contributed by atoms with E-state index in [2.05, 4.69) is 17.3 Å². The van der Waals surface area contributed by atoms with Gasteiger partial charge in [0, 0.05) is 24.1 Å². The van der Waals surface area contributed by atoms with Crippen molar-refractivity contribution in [3.05, 3.63) is 75.8 Å². The zero-order chi connectivity index (χ0) is 22.4. The van der Waals surface area contributed by atoms with Gasteiger partial charge in [-0.1, -0.05) is 49.2 Å². The maximum atomic E-state index is 11.8. The van der Waals surface area contributed by atoms with E-state index in [0.29, 0.717) is 34.1 Å². The van der Waals surface area contributed by atoms with Gasteiger partial charge in [0.05, 0.1) is 12.3 Å². The van der Waals surface area contributed by atoms with Crippen LogP contribution >= 0.6 is 11.6 Å². The fraction of sp³-hybridized carbons (Fsp3) is 0.261. The Balaban J connectivity index is 1.92. The summed E-state index contributed by atoms with van der Waals surface area (Å²) in [6.45, 7) is 2.43. The first kappa shape index (κ1) is 22.7. The summed E-state index contributed by atoms with van der Waals surface area (Å²) in [5.74, 6) is 5.62. The standard InChI is InChI=1S/C23H24ClN4O3/c1-2-3-4-21-26-22(24)20(14-30)28(21)12-15-5-7-16(8-6-15)19-11-17(23(31)27-25)9-10-18(19)13-29/h5-11,30H,2-4,12,14,25H2,1H3,(H,27,31). The van der Waals surface area contributed by atoms with Crippen molar-refractivity contribution in [1.82, 2.24) is 15.0 Å². The lowest BCUT2D eigenvalue weighted by molar-refractivity contribution is 0.0953. The number of aliphatic hydroxyl groups excluding tert-OH is 1. The highest BCUT2D eigenvalue weighted by atomic mass is 35.5. The number of hydrogen-bond donors (Lipinski definition) is 3. The molecule has 0 saturated heterocycles. The number of carbonyl (C=O) groups is 1. The molecule has 0 fully saturated rings. The van der Waals surface area contributed by atoms with E-state index >= 15 is 0 Å². The fourth-order valence-electron chi connectivity index (χ4n) is 3.44. The van der Waals surface area contributed by atoms with Gasteiger partial charge in [-0.25, -0.2) is 10.8 Å². The number of rotatable bonds is 9. The van der Waals surface area contributed by atoms with Crippen molar-refractivity contribution in [3.63, 3.8) is 0 Å². The number of aryl methyl sites for hydroxylation is 1. The quantitative estimate of drug-likeness (QED) is 0.269. The second kappa shape index (κ2) is 10.3. The number of unbranched alkanes of at least 4 members (excludes halogenated alkanes) is 1. The Kier molecular flexibility index (Phi) is 7.57. The SMILES string of the molecule is CCCCc1nc(Cl)c(CO)n1Cc1ccc(-c2cc(C(=O)NN)ccc2[C]=O)cc1. The molecule has 0 aliphatic rings. The molecule has 161 valence electrons. The van der Waals surface area contributed by atoms with E-state index in [1.165, 1.54) is 6.07 Å². The first-order valence-corrected chi connectivity index (χ1v) is 10.4. The summed E-state index contributed by atoms with van der Waals surface area (Å²) in [6, 6.07) is 12.3. The van der Waals surface area contributed by atoms with E-state index in [1.807, 2.05) is 35.1 Å². The maximum absolute atomic E-state index is 11.8. The molecule has 3 aromatic rings. The van der Waals surface area contributed by atoms with Crippen LogP contribution < -0.4 is 11.3 Å². The number of aliphatic hydroxyl groups is 1. The second-order valence-corrected chi connectivity index (χ2v) is 7.50. The molecule has 1 amide bonds. The third-order valence-electron chi connectivity index (χ3n) is 5.13. The monoisotopic (exact) mass is 439 g/mol. The number of nitrogens with one attached hydrogen (secondary N) is 1. The highest BCUT2D eigenvalue weighted by molar-refractivity contribution is 6.30. The van der Waals surface area contributed by atoms with Crippen LogP contribution in [0.3, 0.4) is 0 Å². The molecule has 1 radical (unpaired) electrons. The van der Waals surface area contributed by atoms with E-state index in [9.17, 15) is 14.7 Å². The van der Waals surface area contributed by atoms with Crippen LogP contribution in [0.4, 0.5) is 0 Å². The van der Waals surface area contributed by atoms with Crippen LogP contribution in [0.1, 0.15) is 52.8 Å². The van der Waals surface area contributed by atoms with Gasteiger partial charge in [0.1, 0.15) is 5.82 Å². The fourth-order valence-corrected chi connectivity index (χ4v) is 3.70. The molecule has 8 heteroatoms. The Morgan fingerprint density at radius 3 is 2.61 bits per heavy atom. The first-order chi connectivity index (χ1) is 15.0. The molecule has 0 saturated carbocycles. The van der Waals surface area contributed by atoms with Crippen LogP contribution in [0, 0.1) is 0 Å². The van der Waals surface area contributed by atoms with Crippen molar-refractivity contribution in [2.75, 3.05) is 0 Å². The average Bonchev–Trinajstić information content (AvgIpc) is 3.10. The van der Waals surface area contributed by atoms with E-state index in [0.717, 1.165) is 36.2 Å². The van der Waals surface area contributed by atoms with Gasteiger partial charge in [0.2, 0.25) is 6.29 Å². The van der Waals surface area contributed by atoms with Gasteiger partial charge in [-0.2, -0.15) is 0 Å². The molecule has 0 aliphatic carbocycles. The van der Waals surface area contributed by atoms with Crippen LogP contribution in [0.25, 0.3) is 11.1 Å². The van der Waals surface area contributed by atoms with Crippen molar-refractivity contribution in [1.29, 1.82) is 0 Å². The molecule has 0 spiro atoms. The number of nitrogens with two attached hydrogens (primary N) is 1. The molecule has 1 aromatic heterocycles. The van der Waals surface area contributed by atoms with Crippen LogP contribution in [0.15, 0.2) is 42.5 Å². The summed E-state index contributed by atoms with van der Waals surface area (Å²) >= 11 is 6.22. The molecule has 0 bridgehead atoms. The van der Waals surface area contributed by atoms with Crippen LogP contribution in [0.2, 0.25) is 5.15 Å². The van der Waals surface area contributed by atoms with Crippen LogP contribution in [0.5, 0.6) is 0 Å². The highest BCUT2D eigenvalue weighted by Gasteiger charge is 2.16. The summed E-state index contributed by atoms with van der Waals surface area (Å²) in [5, 5.41) is 10.1. The first-order valence-electron chi connectivity index (χ1n) is 9.99. The number of nitrogen functional groups attached to an aromatic ring is 1. The molecule has 0 aliphatic heterocycles. The van der Waals surface area contributed by atoms with E-state index in [-0.39, 0.29) is 6.61 Å². The van der Waals surface area contributed by atoms with Crippen molar-refractivity contribution >= 4 is 23.8 Å². The summed E-state index contributed by atoms with van der Waals surface area (Å²) < 4.78 is 1.95. The zero-order valence-corrected chi connectivity index (χ0v) is 17.9. The van der Waals surface area contributed by atoms with Gasteiger partial charge in [0.25, 0.3) is 5.91 Å². The molecular weight excluding hydrogens is 416 g/mol. The van der Waals surface area contributed by atoms with Gasteiger partial charge in [0.15, 0.2) is 5.15 Å². The van der Waals surface area contributed by atoms with Crippen molar-refractivity contribution in [3.8, 4) is 11.1 Å². The number of hydrazine groups is 1. The number of hydrogen-bond acceptors (Lipinski definition) is 5. The number of imidazole rings is 1. The third kappa shape index (κ3) is 5.02. The number of benzene rings is 2. The minimum Gasteiger partial charge on any atom is -0.390 e. The Bertz CT molecular complexity index is 1080. The minimum absolute atomic E-state index is 0.190. The molecule has 3 rings (SSSR count). The molecule has 31 heavy (non-hydrogen) atoms. The number of nitrogens with zero attached hydrogens (tertiary/aromatic N) is 2. The Morgan fingerprint density at radius 1 is 1.26 bits per heavy atom. The predicted molar refractivity (Wildman–Crippen MR) is 119 cm³/mol. The van der Waals surface area contributed by atoms with Crippen molar-refractivity contribution in [2.24, 2.45) is 5.84 Å². The van der Waals surface area contributed by atoms with Gasteiger partial charge in [-0.05, 0) is 41.3 Å². The summed E-state index contributed by atoms with van der Waals surface area (Å²) in [7, 11) is 0. The number of halogens is 1. The summed E-state index contributed by atoms with van der Waals surface area (Å²) in [5.41, 5.74) is 5.73. The maximum Gasteiger partial charge on any atom is 0.265 e. The van der Waals surface area contributed by atoms with Gasteiger partial charge >= 0.3 is 0 Å². The smallest absolute Gasteiger partial charge is 0.265 e. The molecular formula is C23H24ClN4O3. The summed E-state index contributed by atoms with van der Waals surface area (Å²) in [4.78, 5) is 27.6. The van der Waals surface area contributed by atoms with Gasteiger partial charge in [-0.15, -0.1) is 0 Å². The van der Waals surface area contributed by atoms with Crippen molar-refractivity contribution in [2.45, 2.75) is 39.3 Å². The Hall–Kier alpha value is -3.00. The van der Waals surface area contributed by atoms with Crippen LogP contribution in [-0.2, 0) is 24.4 Å². The average molecular weight is 440 g/mol. The lowest BCUT2D eigenvalue weighted by Gasteiger charge is -2.12. The van der Waals surface area contributed by atoms with Gasteiger partial charge < -0.3 is 9.67 Å². The van der Waals surface area contributed by atoms with Crippen LogP contribution in [-0.4, -0.2) is 26.9 Å². The largest absolute Gasteiger partial charge is 0.390 e. The molecule has 0 unspecified atom stereocenters. The lowest BCUT2D eigenvalue weighted by atomic mass is 9.97. The molecule has 2 aromatic carbocycles. The molecule has 1 heterocycles. The molecule has 7 nitrogen and oxygen atoms in total. The summed E-state index contributed by atoms with van der Waals surface area (Å²) in [6.07, 6.45) is 4.70. The van der Waals surface area contributed by atoms with Crippen molar-refractivity contribution < 1.29 is 14.7 Å². The highest BCUT2D eigenvalue weighted by Crippen LogP contribution is 2.26. The predicted octanol–water partition coefficient (Wildman–Crippen LogP) is 3.15. The normalized spacial score (nSPS) is 10.8. The van der Waals surface area contributed by atoms with E-state index < -0.39 is 5.91 Å². The lowest BCUT2D eigenvalue weighted by Crippen LogP contribution is -2.30. The Morgan fingerprint density at radius 2 is 2.00 bits per heavy atom. The topological polar surface area (TPSA) is 110 Å². The Labute approximate surface area is 185 Å². The minimum atomic E-state index is -0.441. The van der Waals surface area contributed by atoms with E-state index in [1.54, 1.807) is 12.1 Å². The third-order valence-corrected chi connectivity index (χ3v) is 5.44. The van der Waals surface area contributed by atoms with Gasteiger partial charge in [-0.3, -0.25) is 15.0 Å². The van der Waals surface area contributed by atoms with E-state index in [4.69, 9.17) is 17.4 Å². The number of amides is 1. The zero-order valence-electron chi connectivity index (χ0n) is 17.2. The number of aromatic nitrogens is 2. The molecule has 0 atom stereocenters.